The Morgan fingerprint density at radius 2 is 2.03 bits per heavy atom. The van der Waals surface area contributed by atoms with Crippen LogP contribution >= 0.6 is 23.1 Å². The minimum atomic E-state index is -3.54. The summed E-state index contributed by atoms with van der Waals surface area (Å²) < 4.78 is 33.7. The first-order chi connectivity index (χ1) is 14.4. The molecule has 1 aromatic carbocycles. The van der Waals surface area contributed by atoms with E-state index >= 15 is 0 Å². The number of rotatable bonds is 9. The lowest BCUT2D eigenvalue weighted by Crippen LogP contribution is -2.35. The molecule has 1 saturated heterocycles. The van der Waals surface area contributed by atoms with Gasteiger partial charge in [0.15, 0.2) is 4.34 Å². The number of sulfonamides is 1. The molecule has 0 atom stereocenters. The van der Waals surface area contributed by atoms with Crippen LogP contribution in [-0.2, 0) is 21.2 Å². The molecule has 1 N–H and O–H groups in total. The van der Waals surface area contributed by atoms with Crippen LogP contribution < -0.4 is 10.1 Å². The highest BCUT2D eigenvalue weighted by molar-refractivity contribution is 8.01. The number of aromatic nitrogens is 2. The number of nitrogens with one attached hydrogen (secondary N) is 1. The number of piperidine rings is 1. The molecule has 0 radical (unpaired) electrons. The Morgan fingerprint density at radius 3 is 2.73 bits per heavy atom. The van der Waals surface area contributed by atoms with E-state index in [-0.39, 0.29) is 17.2 Å². The average molecular weight is 471 g/mol. The predicted octanol–water partition coefficient (Wildman–Crippen LogP) is 3.40. The van der Waals surface area contributed by atoms with E-state index in [1.54, 1.807) is 30.0 Å². The summed E-state index contributed by atoms with van der Waals surface area (Å²) in [6.07, 6.45) is 3.36. The number of hydrogen-bond acceptors (Lipinski definition) is 8. The van der Waals surface area contributed by atoms with Crippen LogP contribution in [0.15, 0.2) is 27.4 Å². The van der Waals surface area contributed by atoms with Crippen molar-refractivity contribution in [3.05, 3.63) is 23.8 Å². The van der Waals surface area contributed by atoms with Gasteiger partial charge < -0.3 is 10.1 Å². The van der Waals surface area contributed by atoms with Crippen molar-refractivity contribution >= 4 is 44.2 Å². The maximum absolute atomic E-state index is 13.0. The first-order valence-electron chi connectivity index (χ1n) is 9.87. The van der Waals surface area contributed by atoms with E-state index in [0.717, 1.165) is 29.4 Å². The molecule has 30 heavy (non-hydrogen) atoms. The van der Waals surface area contributed by atoms with Crippen LogP contribution in [0.5, 0.6) is 5.75 Å². The van der Waals surface area contributed by atoms with Gasteiger partial charge in [-0.3, -0.25) is 4.79 Å². The van der Waals surface area contributed by atoms with Crippen LogP contribution in [0.3, 0.4) is 0 Å². The zero-order valence-electron chi connectivity index (χ0n) is 17.1. The second kappa shape index (κ2) is 10.6. The van der Waals surface area contributed by atoms with Crippen molar-refractivity contribution in [1.82, 2.24) is 14.5 Å². The minimum Gasteiger partial charge on any atom is -0.496 e. The Hall–Kier alpha value is -1.69. The highest BCUT2D eigenvalue weighted by Crippen LogP contribution is 2.28. The van der Waals surface area contributed by atoms with E-state index in [1.807, 2.05) is 6.92 Å². The van der Waals surface area contributed by atoms with Gasteiger partial charge in [0.2, 0.25) is 21.1 Å². The Bertz CT molecular complexity index is 972. The number of carbonyl (C=O) groups excluding carboxylic acids is 1. The first kappa shape index (κ1) is 23.0. The van der Waals surface area contributed by atoms with Gasteiger partial charge in [-0.1, -0.05) is 36.4 Å². The van der Waals surface area contributed by atoms with Gasteiger partial charge in [0.1, 0.15) is 5.75 Å². The van der Waals surface area contributed by atoms with Crippen molar-refractivity contribution in [3.8, 4) is 5.75 Å². The number of nitrogens with zero attached hydrogens (tertiary/aromatic N) is 3. The smallest absolute Gasteiger partial charge is 0.243 e. The van der Waals surface area contributed by atoms with Gasteiger partial charge in [0, 0.05) is 19.5 Å². The summed E-state index contributed by atoms with van der Waals surface area (Å²) in [6.45, 7) is 3.12. The van der Waals surface area contributed by atoms with Crippen LogP contribution in [0.4, 0.5) is 5.13 Å². The number of methoxy groups -OCH3 is 1. The van der Waals surface area contributed by atoms with Crippen molar-refractivity contribution in [2.24, 2.45) is 0 Å². The summed E-state index contributed by atoms with van der Waals surface area (Å²) in [7, 11) is -2.01. The zero-order valence-corrected chi connectivity index (χ0v) is 19.5. The fourth-order valence-corrected chi connectivity index (χ4v) is 6.47. The molecule has 8 nitrogen and oxygen atoms in total. The summed E-state index contributed by atoms with van der Waals surface area (Å²) in [6, 6.07) is 4.85. The fourth-order valence-electron chi connectivity index (χ4n) is 3.24. The molecule has 1 aliphatic rings. The van der Waals surface area contributed by atoms with Crippen LogP contribution in [0, 0.1) is 0 Å². The Labute approximate surface area is 185 Å². The molecule has 11 heteroatoms. The number of anilines is 1. The number of ether oxygens (including phenoxy) is 1. The molecule has 2 heterocycles. The van der Waals surface area contributed by atoms with Gasteiger partial charge in [-0.15, -0.1) is 10.2 Å². The first-order valence-corrected chi connectivity index (χ1v) is 13.1. The molecule has 0 saturated carbocycles. The topological polar surface area (TPSA) is 101 Å². The van der Waals surface area contributed by atoms with E-state index in [9.17, 15) is 13.2 Å². The van der Waals surface area contributed by atoms with E-state index in [0.29, 0.717) is 36.0 Å². The van der Waals surface area contributed by atoms with Gasteiger partial charge in [-0.2, -0.15) is 4.31 Å². The van der Waals surface area contributed by atoms with Crippen LogP contribution in [0.2, 0.25) is 0 Å². The minimum absolute atomic E-state index is 0.180. The van der Waals surface area contributed by atoms with E-state index < -0.39 is 10.0 Å². The second-order valence-corrected chi connectivity index (χ2v) is 11.2. The third kappa shape index (κ3) is 5.71. The van der Waals surface area contributed by atoms with E-state index in [1.165, 1.54) is 22.8 Å². The third-order valence-corrected chi connectivity index (χ3v) is 8.50. The molecule has 0 aliphatic carbocycles. The number of carbonyl (C=O) groups is 1. The molecule has 1 fully saturated rings. The molecule has 0 bridgehead atoms. The molecule has 164 valence electrons. The number of aryl methyl sites for hydroxylation is 1. The summed E-state index contributed by atoms with van der Waals surface area (Å²) in [4.78, 5) is 12.6. The lowest BCUT2D eigenvalue weighted by atomic mass is 10.1. The molecule has 0 unspecified atom stereocenters. The molecule has 2 aromatic rings. The maximum Gasteiger partial charge on any atom is 0.243 e. The van der Waals surface area contributed by atoms with Crippen molar-refractivity contribution in [1.29, 1.82) is 0 Å². The Kier molecular flexibility index (Phi) is 8.09. The molecule has 1 amide bonds. The lowest BCUT2D eigenvalue weighted by molar-refractivity contribution is -0.116. The zero-order chi connectivity index (χ0) is 21.6. The molecular weight excluding hydrogens is 444 g/mol. The van der Waals surface area contributed by atoms with Gasteiger partial charge in [-0.05, 0) is 48.8 Å². The van der Waals surface area contributed by atoms with Crippen LogP contribution in [0.1, 0.15) is 38.2 Å². The molecule has 0 spiro atoms. The number of benzene rings is 1. The lowest BCUT2D eigenvalue weighted by Gasteiger charge is -2.26. The number of amides is 1. The summed E-state index contributed by atoms with van der Waals surface area (Å²) in [5.74, 6) is 1.25. The van der Waals surface area contributed by atoms with Gasteiger partial charge in [0.05, 0.1) is 12.0 Å². The molecule has 3 rings (SSSR count). The van der Waals surface area contributed by atoms with Crippen LogP contribution in [-0.4, -0.2) is 54.8 Å². The number of thioether (sulfide) groups is 1. The SMILES string of the molecule is CCSc1nnc(NC(=O)CCc2cc(S(=O)(=O)N3CCCCC3)ccc2OC)s1. The van der Waals surface area contributed by atoms with E-state index in [4.69, 9.17) is 4.74 Å². The van der Waals surface area contributed by atoms with Crippen molar-refractivity contribution in [3.63, 3.8) is 0 Å². The third-order valence-electron chi connectivity index (χ3n) is 4.75. The van der Waals surface area contributed by atoms with Gasteiger partial charge in [-0.25, -0.2) is 8.42 Å². The predicted molar refractivity (Wildman–Crippen MR) is 119 cm³/mol. The van der Waals surface area contributed by atoms with Crippen LogP contribution in [0.25, 0.3) is 0 Å². The normalized spacial score (nSPS) is 15.1. The molecular formula is C19H26N4O4S3. The van der Waals surface area contributed by atoms with E-state index in [2.05, 4.69) is 15.5 Å². The summed E-state index contributed by atoms with van der Waals surface area (Å²) in [5.41, 5.74) is 0.685. The average Bonchev–Trinajstić information content (AvgIpc) is 3.19. The fraction of sp³-hybridized carbons (Fsp3) is 0.526. The highest BCUT2D eigenvalue weighted by Gasteiger charge is 2.26. The summed E-state index contributed by atoms with van der Waals surface area (Å²) >= 11 is 2.91. The van der Waals surface area contributed by atoms with Crippen molar-refractivity contribution in [2.45, 2.75) is 48.3 Å². The van der Waals surface area contributed by atoms with Crippen molar-refractivity contribution in [2.75, 3.05) is 31.3 Å². The standard InChI is InChI=1S/C19H26N4O4S3/c1-3-28-19-22-21-18(29-19)20-17(24)10-7-14-13-15(8-9-16(14)27-2)30(25,26)23-11-5-4-6-12-23/h8-9,13H,3-7,10-12H2,1-2H3,(H,20,21,24). The maximum atomic E-state index is 13.0. The quantitative estimate of drug-likeness (QED) is 0.443. The Morgan fingerprint density at radius 1 is 1.27 bits per heavy atom. The highest BCUT2D eigenvalue weighted by atomic mass is 32.2. The molecule has 1 aromatic heterocycles. The van der Waals surface area contributed by atoms with Crippen molar-refractivity contribution < 1.29 is 17.9 Å². The molecule has 1 aliphatic heterocycles. The van der Waals surface area contributed by atoms with Gasteiger partial charge >= 0.3 is 0 Å². The summed E-state index contributed by atoms with van der Waals surface area (Å²) in [5, 5.41) is 11.2. The number of hydrogen-bond donors (Lipinski definition) is 1. The second-order valence-electron chi connectivity index (χ2n) is 6.79. The monoisotopic (exact) mass is 470 g/mol. The Balaban J connectivity index is 1.68. The largest absolute Gasteiger partial charge is 0.496 e. The van der Waals surface area contributed by atoms with Gasteiger partial charge in [0.25, 0.3) is 0 Å².